The quantitative estimate of drug-likeness (QED) is 0.737. The molecule has 0 radical (unpaired) electrons. The number of nitrogens with zero attached hydrogens (tertiary/aromatic N) is 3. The fraction of sp³-hybridized carbons (Fsp3) is 0.389. The molecule has 8 heteroatoms. The van der Waals surface area contributed by atoms with Crippen molar-refractivity contribution in [1.82, 2.24) is 15.3 Å². The minimum Gasteiger partial charge on any atom is -0.494 e. The SMILES string of the molecule is COc1ccc(C(=O)NCCNc2cc(N3CCCC3)ncn2)cc1F. The van der Waals surface area contributed by atoms with E-state index in [1.54, 1.807) is 0 Å². The molecule has 1 aliphatic rings. The molecule has 26 heavy (non-hydrogen) atoms. The van der Waals surface area contributed by atoms with Gasteiger partial charge in [0.2, 0.25) is 0 Å². The second kappa shape index (κ2) is 8.46. The zero-order valence-corrected chi connectivity index (χ0v) is 14.7. The van der Waals surface area contributed by atoms with Crippen LogP contribution in [0, 0.1) is 5.82 Å². The van der Waals surface area contributed by atoms with E-state index < -0.39 is 5.82 Å². The van der Waals surface area contributed by atoms with E-state index in [-0.39, 0.29) is 17.2 Å². The number of ether oxygens (including phenoxy) is 1. The summed E-state index contributed by atoms with van der Waals surface area (Å²) in [5, 5.41) is 5.90. The Morgan fingerprint density at radius 1 is 1.23 bits per heavy atom. The maximum atomic E-state index is 13.7. The summed E-state index contributed by atoms with van der Waals surface area (Å²) in [7, 11) is 1.38. The van der Waals surface area contributed by atoms with E-state index in [2.05, 4.69) is 25.5 Å². The first-order chi connectivity index (χ1) is 12.7. The molecular formula is C18H22FN5O2. The molecule has 0 saturated carbocycles. The average molecular weight is 359 g/mol. The lowest BCUT2D eigenvalue weighted by molar-refractivity contribution is 0.0954. The third-order valence-electron chi connectivity index (χ3n) is 4.21. The maximum absolute atomic E-state index is 13.7. The van der Waals surface area contributed by atoms with Gasteiger partial charge in [0.15, 0.2) is 11.6 Å². The summed E-state index contributed by atoms with van der Waals surface area (Å²) in [4.78, 5) is 22.8. The highest BCUT2D eigenvalue weighted by atomic mass is 19.1. The number of hydrogen-bond acceptors (Lipinski definition) is 6. The van der Waals surface area contributed by atoms with Gasteiger partial charge in [0.1, 0.15) is 18.0 Å². The van der Waals surface area contributed by atoms with Crippen molar-refractivity contribution in [3.8, 4) is 5.75 Å². The molecule has 1 aromatic carbocycles. The summed E-state index contributed by atoms with van der Waals surface area (Å²) >= 11 is 0. The zero-order valence-electron chi connectivity index (χ0n) is 14.7. The average Bonchev–Trinajstić information content (AvgIpc) is 3.20. The fourth-order valence-corrected chi connectivity index (χ4v) is 2.84. The van der Waals surface area contributed by atoms with Crippen LogP contribution in [0.5, 0.6) is 5.75 Å². The van der Waals surface area contributed by atoms with E-state index in [1.807, 2.05) is 6.07 Å². The zero-order chi connectivity index (χ0) is 18.4. The number of carbonyl (C=O) groups excluding carboxylic acids is 1. The number of anilines is 2. The number of hydrogen-bond donors (Lipinski definition) is 2. The standard InChI is InChI=1S/C18H22FN5O2/c1-26-15-5-4-13(10-14(15)19)18(25)21-7-6-20-16-11-17(23-12-22-16)24-8-2-3-9-24/h4-5,10-12H,2-3,6-9H2,1H3,(H,21,25)(H,20,22,23). The minimum absolute atomic E-state index is 0.112. The highest BCUT2D eigenvalue weighted by molar-refractivity contribution is 5.94. The van der Waals surface area contributed by atoms with Crippen LogP contribution in [-0.4, -0.2) is 49.2 Å². The van der Waals surface area contributed by atoms with E-state index in [0.717, 1.165) is 25.0 Å². The molecule has 1 fully saturated rings. The number of aromatic nitrogens is 2. The normalized spacial score (nSPS) is 13.5. The molecule has 2 heterocycles. The Bertz CT molecular complexity index is 765. The monoisotopic (exact) mass is 359 g/mol. The third-order valence-corrected chi connectivity index (χ3v) is 4.21. The van der Waals surface area contributed by atoms with Crippen molar-refractivity contribution in [3.63, 3.8) is 0 Å². The molecule has 1 amide bonds. The van der Waals surface area contributed by atoms with Gasteiger partial charge in [-0.2, -0.15) is 0 Å². The van der Waals surface area contributed by atoms with E-state index in [1.165, 1.54) is 38.4 Å². The Balaban J connectivity index is 1.47. The van der Waals surface area contributed by atoms with E-state index in [0.29, 0.717) is 18.9 Å². The molecular weight excluding hydrogens is 337 g/mol. The highest BCUT2D eigenvalue weighted by Gasteiger charge is 2.14. The molecule has 138 valence electrons. The van der Waals surface area contributed by atoms with Crippen LogP contribution in [-0.2, 0) is 0 Å². The molecule has 0 atom stereocenters. The van der Waals surface area contributed by atoms with Crippen molar-refractivity contribution < 1.29 is 13.9 Å². The smallest absolute Gasteiger partial charge is 0.251 e. The number of nitrogens with one attached hydrogen (secondary N) is 2. The van der Waals surface area contributed by atoms with Gasteiger partial charge in [-0.15, -0.1) is 0 Å². The summed E-state index contributed by atoms with van der Waals surface area (Å²) in [6.45, 7) is 2.92. The van der Waals surface area contributed by atoms with Crippen molar-refractivity contribution in [1.29, 1.82) is 0 Å². The van der Waals surface area contributed by atoms with E-state index in [4.69, 9.17) is 4.74 Å². The van der Waals surface area contributed by atoms with Gasteiger partial charge in [0.05, 0.1) is 7.11 Å². The highest BCUT2D eigenvalue weighted by Crippen LogP contribution is 2.19. The maximum Gasteiger partial charge on any atom is 0.251 e. The van der Waals surface area contributed by atoms with Crippen LogP contribution < -0.4 is 20.3 Å². The number of amides is 1. The first-order valence-corrected chi connectivity index (χ1v) is 8.60. The van der Waals surface area contributed by atoms with Gasteiger partial charge in [-0.05, 0) is 31.0 Å². The number of halogens is 1. The number of benzene rings is 1. The van der Waals surface area contributed by atoms with Gasteiger partial charge < -0.3 is 20.3 Å². The van der Waals surface area contributed by atoms with Crippen molar-refractivity contribution >= 4 is 17.5 Å². The lowest BCUT2D eigenvalue weighted by Gasteiger charge is -2.16. The van der Waals surface area contributed by atoms with Gasteiger partial charge in [-0.3, -0.25) is 4.79 Å². The summed E-state index contributed by atoms with van der Waals surface area (Å²) in [6.07, 6.45) is 3.91. The van der Waals surface area contributed by atoms with E-state index in [9.17, 15) is 9.18 Å². The van der Waals surface area contributed by atoms with Crippen molar-refractivity contribution in [2.45, 2.75) is 12.8 Å². The van der Waals surface area contributed by atoms with Gasteiger partial charge in [0, 0.05) is 37.8 Å². The summed E-state index contributed by atoms with van der Waals surface area (Å²) in [5.74, 6) is 0.840. The first-order valence-electron chi connectivity index (χ1n) is 8.60. The first kappa shape index (κ1) is 17.9. The fourth-order valence-electron chi connectivity index (χ4n) is 2.84. The molecule has 0 aliphatic carbocycles. The molecule has 3 rings (SSSR count). The molecule has 1 aromatic heterocycles. The molecule has 2 aromatic rings. The predicted molar refractivity (Wildman–Crippen MR) is 97.3 cm³/mol. The molecule has 0 bridgehead atoms. The second-order valence-corrected chi connectivity index (χ2v) is 5.99. The Morgan fingerprint density at radius 2 is 2.04 bits per heavy atom. The van der Waals surface area contributed by atoms with Crippen LogP contribution in [0.25, 0.3) is 0 Å². The van der Waals surface area contributed by atoms with Crippen LogP contribution in [0.3, 0.4) is 0 Å². The molecule has 7 nitrogen and oxygen atoms in total. The molecule has 0 spiro atoms. The van der Waals surface area contributed by atoms with E-state index >= 15 is 0 Å². The molecule has 1 saturated heterocycles. The largest absolute Gasteiger partial charge is 0.494 e. The summed E-state index contributed by atoms with van der Waals surface area (Å²) < 4.78 is 18.5. The number of carbonyl (C=O) groups is 1. The van der Waals surface area contributed by atoms with Crippen LogP contribution >= 0.6 is 0 Å². The van der Waals surface area contributed by atoms with Crippen LogP contribution in [0.4, 0.5) is 16.0 Å². The lowest BCUT2D eigenvalue weighted by Crippen LogP contribution is -2.29. The molecule has 2 N–H and O–H groups in total. The van der Waals surface area contributed by atoms with Crippen molar-refractivity contribution in [3.05, 3.63) is 42.0 Å². The Kier molecular flexibility index (Phi) is 5.83. The van der Waals surface area contributed by atoms with Crippen LogP contribution in [0.2, 0.25) is 0 Å². The third kappa shape index (κ3) is 4.38. The molecule has 1 aliphatic heterocycles. The van der Waals surface area contributed by atoms with Crippen molar-refractivity contribution in [2.75, 3.05) is 43.5 Å². The second-order valence-electron chi connectivity index (χ2n) is 5.99. The lowest BCUT2D eigenvalue weighted by atomic mass is 10.2. The Labute approximate surface area is 151 Å². The Morgan fingerprint density at radius 3 is 2.77 bits per heavy atom. The topological polar surface area (TPSA) is 79.4 Å². The summed E-state index contributed by atoms with van der Waals surface area (Å²) in [5.41, 5.74) is 0.252. The number of rotatable bonds is 7. The number of methoxy groups -OCH3 is 1. The van der Waals surface area contributed by atoms with Gasteiger partial charge in [-0.25, -0.2) is 14.4 Å². The molecule has 0 unspecified atom stereocenters. The Hall–Kier alpha value is -2.90. The summed E-state index contributed by atoms with van der Waals surface area (Å²) in [6, 6.07) is 6.03. The van der Waals surface area contributed by atoms with Gasteiger partial charge in [-0.1, -0.05) is 0 Å². The van der Waals surface area contributed by atoms with Crippen LogP contribution in [0.1, 0.15) is 23.2 Å². The predicted octanol–water partition coefficient (Wildman–Crippen LogP) is 2.07. The van der Waals surface area contributed by atoms with Crippen molar-refractivity contribution in [2.24, 2.45) is 0 Å². The minimum atomic E-state index is -0.561. The van der Waals surface area contributed by atoms with Crippen LogP contribution in [0.15, 0.2) is 30.6 Å². The van der Waals surface area contributed by atoms with Gasteiger partial charge in [0.25, 0.3) is 5.91 Å². The van der Waals surface area contributed by atoms with Gasteiger partial charge >= 0.3 is 0 Å².